The molecule has 288 valence electrons. The van der Waals surface area contributed by atoms with E-state index in [0.29, 0.717) is 52.2 Å². The van der Waals surface area contributed by atoms with Gasteiger partial charge in [0, 0.05) is 37.6 Å². The Kier molecular flexibility index (Phi) is 18.7. The van der Waals surface area contributed by atoms with Crippen LogP contribution in [0.15, 0.2) is 36.4 Å². The van der Waals surface area contributed by atoms with Crippen LogP contribution in [0.4, 0.5) is 11.4 Å². The second-order valence-corrected chi connectivity index (χ2v) is 13.3. The molecule has 0 spiro atoms. The molecular formula is C38H58N6O8. The quantitative estimate of drug-likeness (QED) is 0.376. The summed E-state index contributed by atoms with van der Waals surface area (Å²) in [7, 11) is 3.49. The van der Waals surface area contributed by atoms with Gasteiger partial charge in [0.2, 0.25) is 23.6 Å². The monoisotopic (exact) mass is 726 g/mol. The van der Waals surface area contributed by atoms with Gasteiger partial charge in [-0.1, -0.05) is 36.4 Å². The first kappa shape index (κ1) is 42.5. The molecule has 0 saturated carbocycles. The number of ether oxygens (including phenoxy) is 4. The van der Waals surface area contributed by atoms with Crippen LogP contribution in [0.3, 0.4) is 0 Å². The van der Waals surface area contributed by atoms with E-state index in [4.69, 9.17) is 18.9 Å². The Morgan fingerprint density at radius 1 is 0.558 bits per heavy atom. The number of hydrogen-bond donors (Lipinski definition) is 2. The van der Waals surface area contributed by atoms with Gasteiger partial charge < -0.3 is 39.4 Å². The first-order valence-electron chi connectivity index (χ1n) is 17.9. The first-order valence-corrected chi connectivity index (χ1v) is 17.9. The minimum Gasteiger partial charge on any atom is -0.355 e. The lowest BCUT2D eigenvalue weighted by Gasteiger charge is -2.26. The molecule has 0 unspecified atom stereocenters. The van der Waals surface area contributed by atoms with Crippen molar-refractivity contribution in [3.8, 4) is 0 Å². The number of likely N-dealkylation sites (N-methyl/N-ethyl adjacent to an activating group) is 2. The highest BCUT2D eigenvalue weighted by Crippen LogP contribution is 2.20. The third-order valence-electron chi connectivity index (χ3n) is 8.61. The molecule has 2 aromatic carbocycles. The van der Waals surface area contributed by atoms with E-state index in [9.17, 15) is 19.2 Å². The Balaban J connectivity index is 1.42. The van der Waals surface area contributed by atoms with E-state index in [0.717, 1.165) is 33.6 Å². The van der Waals surface area contributed by atoms with Crippen LogP contribution in [-0.4, -0.2) is 150 Å². The van der Waals surface area contributed by atoms with Gasteiger partial charge in [-0.2, -0.15) is 0 Å². The van der Waals surface area contributed by atoms with Crippen molar-refractivity contribution < 1.29 is 38.1 Å². The molecule has 3 rings (SSSR count). The molecule has 2 aromatic rings. The molecule has 14 nitrogen and oxygen atoms in total. The topological polar surface area (TPSA) is 142 Å². The summed E-state index contributed by atoms with van der Waals surface area (Å²) in [5.41, 5.74) is 5.52. The van der Waals surface area contributed by atoms with Gasteiger partial charge in [0.05, 0.1) is 52.6 Å². The zero-order valence-corrected chi connectivity index (χ0v) is 31.8. The lowest BCUT2D eigenvalue weighted by atomic mass is 10.1. The molecule has 1 aliphatic rings. The Morgan fingerprint density at radius 2 is 0.904 bits per heavy atom. The molecule has 0 radical (unpaired) electrons. The molecule has 14 heteroatoms. The Labute approximate surface area is 308 Å². The Bertz CT molecular complexity index is 1290. The number of carbonyl (C=O) groups excluding carboxylic acids is 4. The minimum absolute atomic E-state index is 0.0544. The smallest absolute Gasteiger partial charge is 0.238 e. The molecule has 1 heterocycles. The molecular weight excluding hydrogens is 668 g/mol. The third-order valence-corrected chi connectivity index (χ3v) is 8.61. The lowest BCUT2D eigenvalue weighted by Crippen LogP contribution is -2.43. The number of aryl methyl sites for hydroxylation is 4. The van der Waals surface area contributed by atoms with E-state index in [1.165, 1.54) is 0 Å². The van der Waals surface area contributed by atoms with Crippen molar-refractivity contribution in [1.82, 2.24) is 19.6 Å². The number of amides is 4. The van der Waals surface area contributed by atoms with Crippen molar-refractivity contribution in [3.05, 3.63) is 58.7 Å². The summed E-state index contributed by atoms with van der Waals surface area (Å²) in [4.78, 5) is 58.7. The average Bonchev–Trinajstić information content (AvgIpc) is 3.07. The van der Waals surface area contributed by atoms with Gasteiger partial charge in [-0.3, -0.25) is 29.0 Å². The molecule has 1 saturated heterocycles. The van der Waals surface area contributed by atoms with Gasteiger partial charge in [-0.05, 0) is 76.9 Å². The highest BCUT2D eigenvalue weighted by molar-refractivity contribution is 5.94. The second kappa shape index (κ2) is 22.9. The van der Waals surface area contributed by atoms with Crippen LogP contribution >= 0.6 is 0 Å². The van der Waals surface area contributed by atoms with E-state index < -0.39 is 0 Å². The van der Waals surface area contributed by atoms with Crippen molar-refractivity contribution >= 4 is 35.0 Å². The minimum atomic E-state index is -0.185. The van der Waals surface area contributed by atoms with E-state index in [2.05, 4.69) is 10.6 Å². The number of anilines is 2. The van der Waals surface area contributed by atoms with Crippen molar-refractivity contribution in [3.63, 3.8) is 0 Å². The van der Waals surface area contributed by atoms with Crippen LogP contribution in [-0.2, 0) is 38.1 Å². The number of benzene rings is 2. The summed E-state index contributed by atoms with van der Waals surface area (Å²) in [6.45, 7) is 11.1. The third kappa shape index (κ3) is 15.4. The number of rotatable bonds is 10. The number of nitrogens with one attached hydrogen (secondary N) is 2. The molecule has 52 heavy (non-hydrogen) atoms. The van der Waals surface area contributed by atoms with Gasteiger partial charge in [0.15, 0.2) is 0 Å². The van der Waals surface area contributed by atoms with Crippen molar-refractivity contribution in [2.75, 3.05) is 117 Å². The summed E-state index contributed by atoms with van der Waals surface area (Å²) in [5, 5.41) is 5.93. The fourth-order valence-corrected chi connectivity index (χ4v) is 5.79. The normalized spacial score (nSPS) is 15.9. The molecule has 0 atom stereocenters. The van der Waals surface area contributed by atoms with Crippen molar-refractivity contribution in [1.29, 1.82) is 0 Å². The summed E-state index contributed by atoms with van der Waals surface area (Å²) in [5.74, 6) is -0.602. The fraction of sp³-hybridized carbons (Fsp3) is 0.579. The molecule has 0 aliphatic carbocycles. The standard InChI is InChI=1S/C38H58N6O8/c1-29-11-7-12-30(2)37(29)39-33(45)23-41(5)25-35(47)43-15-9-19-49-28-52-22-18-44(16-10-20-50-27-51-21-17-43)36(48)26-42(6)24-34(46)40-38-31(3)13-8-14-32(38)4/h7-8,11-14H,9-10,15-28H2,1-6H3,(H,39,45)(H,40,46). The number of para-hydroxylation sites is 2. The number of nitrogens with zero attached hydrogens (tertiary/aromatic N) is 4. The summed E-state index contributed by atoms with van der Waals surface area (Å²) >= 11 is 0. The summed E-state index contributed by atoms with van der Waals surface area (Å²) in [6.07, 6.45) is 1.16. The maximum absolute atomic E-state index is 13.2. The zero-order chi connectivity index (χ0) is 37.9. The predicted molar refractivity (Wildman–Crippen MR) is 200 cm³/mol. The van der Waals surface area contributed by atoms with Gasteiger partial charge in [-0.15, -0.1) is 0 Å². The highest BCUT2D eigenvalue weighted by Gasteiger charge is 2.20. The summed E-state index contributed by atoms with van der Waals surface area (Å²) in [6, 6.07) is 11.7. The zero-order valence-electron chi connectivity index (χ0n) is 31.8. The largest absolute Gasteiger partial charge is 0.355 e. The van der Waals surface area contributed by atoms with E-state index >= 15 is 0 Å². The number of carbonyl (C=O) groups is 4. The van der Waals surface area contributed by atoms with E-state index in [1.807, 2.05) is 64.1 Å². The number of hydrogen-bond acceptors (Lipinski definition) is 10. The van der Waals surface area contributed by atoms with Crippen molar-refractivity contribution in [2.24, 2.45) is 0 Å². The van der Waals surface area contributed by atoms with Crippen LogP contribution in [0.25, 0.3) is 0 Å². The highest BCUT2D eigenvalue weighted by atomic mass is 16.7. The van der Waals surface area contributed by atoms with Crippen molar-refractivity contribution in [2.45, 2.75) is 40.5 Å². The molecule has 1 aliphatic heterocycles. The maximum atomic E-state index is 13.2. The molecule has 0 bridgehead atoms. The van der Waals surface area contributed by atoms with Gasteiger partial charge in [0.1, 0.15) is 13.6 Å². The SMILES string of the molecule is Cc1cccc(C)c1NC(=O)CN(C)CC(=O)N1CCCOCOCCN(C(=O)CN(C)CC(=O)Nc2c(C)cccc2C)CCCOCOCC1. The van der Waals surface area contributed by atoms with Gasteiger partial charge in [0.25, 0.3) is 0 Å². The van der Waals surface area contributed by atoms with Crippen LogP contribution in [0.2, 0.25) is 0 Å². The Hall–Kier alpha value is -3.92. The average molecular weight is 727 g/mol. The molecule has 0 aromatic heterocycles. The first-order chi connectivity index (χ1) is 24.9. The van der Waals surface area contributed by atoms with E-state index in [1.54, 1.807) is 33.7 Å². The molecule has 2 N–H and O–H groups in total. The predicted octanol–water partition coefficient (Wildman–Crippen LogP) is 2.79. The van der Waals surface area contributed by atoms with Crippen LogP contribution in [0, 0.1) is 27.7 Å². The molecule has 4 amide bonds. The maximum Gasteiger partial charge on any atom is 0.238 e. The van der Waals surface area contributed by atoms with Gasteiger partial charge in [-0.25, -0.2) is 0 Å². The van der Waals surface area contributed by atoms with Gasteiger partial charge >= 0.3 is 0 Å². The van der Waals surface area contributed by atoms with Crippen LogP contribution in [0.1, 0.15) is 35.1 Å². The van der Waals surface area contributed by atoms with Crippen LogP contribution in [0.5, 0.6) is 0 Å². The molecule has 1 fully saturated rings. The van der Waals surface area contributed by atoms with E-state index in [-0.39, 0.29) is 76.6 Å². The van der Waals surface area contributed by atoms with Crippen LogP contribution < -0.4 is 10.6 Å². The Morgan fingerprint density at radius 3 is 1.27 bits per heavy atom. The lowest BCUT2D eigenvalue weighted by molar-refractivity contribution is -0.137. The second-order valence-electron chi connectivity index (χ2n) is 13.3. The summed E-state index contributed by atoms with van der Waals surface area (Å²) < 4.78 is 22.6. The fourth-order valence-electron chi connectivity index (χ4n) is 5.79.